The Hall–Kier alpha value is -1.42. The van der Waals surface area contributed by atoms with Crippen molar-refractivity contribution in [3.05, 3.63) is 18.2 Å². The van der Waals surface area contributed by atoms with Crippen LogP contribution < -0.4 is 16.8 Å². The van der Waals surface area contributed by atoms with Gasteiger partial charge in [-0.05, 0) is 49.8 Å². The Morgan fingerprint density at radius 3 is 2.56 bits per heavy atom. The molecule has 2 rings (SSSR count). The van der Waals surface area contributed by atoms with E-state index >= 15 is 0 Å². The summed E-state index contributed by atoms with van der Waals surface area (Å²) in [5, 5.41) is 13.7. The molecule has 0 radical (unpaired) electrons. The van der Waals surface area contributed by atoms with Crippen LogP contribution in [0.15, 0.2) is 18.2 Å². The zero-order valence-corrected chi connectivity index (χ0v) is 10.9. The van der Waals surface area contributed by atoms with Gasteiger partial charge in [-0.3, -0.25) is 0 Å². The van der Waals surface area contributed by atoms with E-state index in [0.717, 1.165) is 37.3 Å². The number of nitrogens with two attached hydrogens (primary N) is 2. The normalized spacial score (nSPS) is 28.0. The summed E-state index contributed by atoms with van der Waals surface area (Å²) in [6.45, 7) is 2.82. The standard InChI is InChI=1S/C14H23N3O/c1-10-4-6-14(18,7-5-10)9-17-11-2-3-12(15)13(16)8-11/h2-3,8,10,17-18H,4-7,9,15-16H2,1H3. The molecule has 1 saturated carbocycles. The van der Waals surface area contributed by atoms with Gasteiger partial charge in [-0.15, -0.1) is 0 Å². The zero-order valence-electron chi connectivity index (χ0n) is 10.9. The van der Waals surface area contributed by atoms with Crippen LogP contribution in [0.25, 0.3) is 0 Å². The molecule has 0 saturated heterocycles. The molecular weight excluding hydrogens is 226 g/mol. The Kier molecular flexibility index (Phi) is 3.66. The fourth-order valence-corrected chi connectivity index (χ4v) is 2.43. The number of hydrogen-bond acceptors (Lipinski definition) is 4. The fraction of sp³-hybridized carbons (Fsp3) is 0.571. The Labute approximate surface area is 108 Å². The number of aliphatic hydroxyl groups is 1. The van der Waals surface area contributed by atoms with Crippen molar-refractivity contribution in [3.8, 4) is 0 Å². The Balaban J connectivity index is 1.92. The molecule has 4 nitrogen and oxygen atoms in total. The first-order valence-electron chi connectivity index (χ1n) is 6.60. The van der Waals surface area contributed by atoms with Crippen LogP contribution in [0.5, 0.6) is 0 Å². The van der Waals surface area contributed by atoms with Crippen molar-refractivity contribution in [3.63, 3.8) is 0 Å². The summed E-state index contributed by atoms with van der Waals surface area (Å²) in [6.07, 6.45) is 3.93. The molecule has 0 spiro atoms. The lowest BCUT2D eigenvalue weighted by atomic mass is 9.79. The third-order valence-electron chi connectivity index (χ3n) is 3.91. The van der Waals surface area contributed by atoms with Crippen molar-refractivity contribution in [2.24, 2.45) is 5.92 Å². The summed E-state index contributed by atoms with van der Waals surface area (Å²) in [4.78, 5) is 0. The first kappa shape index (κ1) is 13.0. The van der Waals surface area contributed by atoms with Gasteiger partial charge in [-0.25, -0.2) is 0 Å². The summed E-state index contributed by atoms with van der Waals surface area (Å²) in [5.74, 6) is 0.734. The van der Waals surface area contributed by atoms with Gasteiger partial charge < -0.3 is 21.9 Å². The van der Waals surface area contributed by atoms with E-state index in [2.05, 4.69) is 12.2 Å². The number of rotatable bonds is 3. The quantitative estimate of drug-likeness (QED) is 0.619. The highest BCUT2D eigenvalue weighted by Crippen LogP contribution is 2.32. The van der Waals surface area contributed by atoms with Gasteiger partial charge in [0.15, 0.2) is 0 Å². The minimum atomic E-state index is -0.581. The van der Waals surface area contributed by atoms with Crippen molar-refractivity contribution < 1.29 is 5.11 Å². The molecule has 0 aromatic heterocycles. The van der Waals surface area contributed by atoms with Crippen LogP contribution in [0, 0.1) is 5.92 Å². The second-order valence-electron chi connectivity index (χ2n) is 5.60. The molecule has 0 bridgehead atoms. The molecule has 0 heterocycles. The lowest BCUT2D eigenvalue weighted by Gasteiger charge is -2.35. The number of benzene rings is 1. The van der Waals surface area contributed by atoms with Gasteiger partial charge in [0.05, 0.1) is 17.0 Å². The van der Waals surface area contributed by atoms with Gasteiger partial charge in [-0.2, -0.15) is 0 Å². The largest absolute Gasteiger partial charge is 0.397 e. The molecule has 0 atom stereocenters. The van der Waals surface area contributed by atoms with Gasteiger partial charge in [0.2, 0.25) is 0 Å². The fourth-order valence-electron chi connectivity index (χ4n) is 2.43. The Bertz CT molecular complexity index is 412. The summed E-state index contributed by atoms with van der Waals surface area (Å²) in [7, 11) is 0. The summed E-state index contributed by atoms with van der Waals surface area (Å²) in [5.41, 5.74) is 12.9. The average molecular weight is 249 g/mol. The van der Waals surface area contributed by atoms with E-state index in [1.165, 1.54) is 0 Å². The lowest BCUT2D eigenvalue weighted by molar-refractivity contribution is 0.00501. The van der Waals surface area contributed by atoms with E-state index in [4.69, 9.17) is 11.5 Å². The molecule has 0 amide bonds. The van der Waals surface area contributed by atoms with Crippen LogP contribution in [0.1, 0.15) is 32.6 Å². The molecule has 6 N–H and O–H groups in total. The van der Waals surface area contributed by atoms with Gasteiger partial charge in [0, 0.05) is 12.2 Å². The van der Waals surface area contributed by atoms with Crippen LogP contribution in [-0.2, 0) is 0 Å². The predicted octanol–water partition coefficient (Wildman–Crippen LogP) is 2.20. The van der Waals surface area contributed by atoms with E-state index in [9.17, 15) is 5.11 Å². The second kappa shape index (κ2) is 5.06. The molecule has 100 valence electrons. The van der Waals surface area contributed by atoms with Crippen molar-refractivity contribution in [2.45, 2.75) is 38.2 Å². The summed E-state index contributed by atoms with van der Waals surface area (Å²) in [6, 6.07) is 5.48. The molecule has 1 aromatic rings. The lowest BCUT2D eigenvalue weighted by Crippen LogP contribution is -2.40. The average Bonchev–Trinajstić information content (AvgIpc) is 2.35. The second-order valence-corrected chi connectivity index (χ2v) is 5.60. The zero-order chi connectivity index (χ0) is 13.2. The smallest absolute Gasteiger partial charge is 0.0819 e. The molecule has 4 heteroatoms. The highest BCUT2D eigenvalue weighted by Gasteiger charge is 2.31. The topological polar surface area (TPSA) is 84.3 Å². The maximum Gasteiger partial charge on any atom is 0.0819 e. The van der Waals surface area contributed by atoms with Crippen LogP contribution >= 0.6 is 0 Å². The minimum absolute atomic E-state index is 0.572. The van der Waals surface area contributed by atoms with Gasteiger partial charge in [-0.1, -0.05) is 6.92 Å². The Morgan fingerprint density at radius 1 is 1.28 bits per heavy atom. The number of anilines is 3. The number of nitrogen functional groups attached to an aromatic ring is 2. The van der Waals surface area contributed by atoms with E-state index in [0.29, 0.717) is 17.9 Å². The molecule has 0 aliphatic heterocycles. The highest BCUT2D eigenvalue weighted by atomic mass is 16.3. The molecule has 1 fully saturated rings. The SMILES string of the molecule is CC1CCC(O)(CNc2ccc(N)c(N)c2)CC1. The van der Waals surface area contributed by atoms with E-state index in [1.54, 1.807) is 6.07 Å². The van der Waals surface area contributed by atoms with Crippen LogP contribution in [-0.4, -0.2) is 17.3 Å². The number of nitrogens with one attached hydrogen (secondary N) is 1. The van der Waals surface area contributed by atoms with E-state index in [-0.39, 0.29) is 0 Å². The van der Waals surface area contributed by atoms with Crippen LogP contribution in [0.2, 0.25) is 0 Å². The van der Waals surface area contributed by atoms with Gasteiger partial charge >= 0.3 is 0 Å². The highest BCUT2D eigenvalue weighted by molar-refractivity contribution is 5.69. The molecular formula is C14H23N3O. The number of hydrogen-bond donors (Lipinski definition) is 4. The summed E-state index contributed by atoms with van der Waals surface area (Å²) < 4.78 is 0. The van der Waals surface area contributed by atoms with Crippen molar-refractivity contribution in [1.29, 1.82) is 0 Å². The molecule has 1 aliphatic rings. The third kappa shape index (κ3) is 3.07. The molecule has 0 unspecified atom stereocenters. The van der Waals surface area contributed by atoms with Crippen LogP contribution in [0.4, 0.5) is 17.1 Å². The van der Waals surface area contributed by atoms with Gasteiger partial charge in [0.1, 0.15) is 0 Å². The molecule has 1 aliphatic carbocycles. The molecule has 18 heavy (non-hydrogen) atoms. The monoisotopic (exact) mass is 249 g/mol. The molecule has 1 aromatic carbocycles. The van der Waals surface area contributed by atoms with Crippen LogP contribution in [0.3, 0.4) is 0 Å². The first-order chi connectivity index (χ1) is 8.48. The maximum atomic E-state index is 10.5. The van der Waals surface area contributed by atoms with Crippen molar-refractivity contribution in [2.75, 3.05) is 23.3 Å². The predicted molar refractivity (Wildman–Crippen MR) is 76.3 cm³/mol. The van der Waals surface area contributed by atoms with Crippen molar-refractivity contribution in [1.82, 2.24) is 0 Å². The first-order valence-corrected chi connectivity index (χ1v) is 6.60. The Morgan fingerprint density at radius 2 is 1.94 bits per heavy atom. The third-order valence-corrected chi connectivity index (χ3v) is 3.91. The van der Waals surface area contributed by atoms with Gasteiger partial charge in [0.25, 0.3) is 0 Å². The maximum absolute atomic E-state index is 10.5. The van der Waals surface area contributed by atoms with Crippen molar-refractivity contribution >= 4 is 17.1 Å². The summed E-state index contributed by atoms with van der Waals surface area (Å²) >= 11 is 0. The minimum Gasteiger partial charge on any atom is -0.397 e. The van der Waals surface area contributed by atoms with E-state index in [1.807, 2.05) is 12.1 Å². The van der Waals surface area contributed by atoms with E-state index < -0.39 is 5.60 Å².